The van der Waals surface area contributed by atoms with E-state index in [0.29, 0.717) is 5.92 Å². The van der Waals surface area contributed by atoms with Crippen LogP contribution in [0.3, 0.4) is 0 Å². The Morgan fingerprint density at radius 2 is 2.07 bits per heavy atom. The fourth-order valence-corrected chi connectivity index (χ4v) is 3.59. The fraction of sp³-hybridized carbons (Fsp3) is 0.636. The lowest BCUT2D eigenvalue weighted by molar-refractivity contribution is 0.0827. The third-order valence-electron chi connectivity index (χ3n) is 5.19. The largest absolute Gasteiger partial charge is 0.357 e. The summed E-state index contributed by atoms with van der Waals surface area (Å²) in [6.07, 6.45) is 3.40. The molecule has 1 saturated heterocycles. The van der Waals surface area contributed by atoms with Gasteiger partial charge in [-0.25, -0.2) is 0 Å². The number of carbonyl (C=O) groups excluding carboxylic acids is 1. The van der Waals surface area contributed by atoms with Crippen LogP contribution in [0, 0.1) is 5.92 Å². The predicted molar refractivity (Wildman–Crippen MR) is 132 cm³/mol. The van der Waals surface area contributed by atoms with E-state index in [1.807, 2.05) is 18.2 Å². The zero-order valence-electron chi connectivity index (χ0n) is 18.4. The average Bonchev–Trinajstić information content (AvgIpc) is 2.71. The zero-order chi connectivity index (χ0) is 20.4. The number of benzene rings is 1. The van der Waals surface area contributed by atoms with E-state index >= 15 is 0 Å². The van der Waals surface area contributed by atoms with Crippen LogP contribution in [0.2, 0.25) is 0 Å². The molecular formula is C22H38IN5O. The van der Waals surface area contributed by atoms with Crippen molar-refractivity contribution >= 4 is 35.8 Å². The average molecular weight is 515 g/mol. The van der Waals surface area contributed by atoms with E-state index in [2.05, 4.69) is 35.4 Å². The number of carbonyl (C=O) groups is 1. The number of guanidine groups is 1. The standard InChI is InChI=1S/C22H37N5O.HI/c1-5-23-22(25-16-19-10-8-14-27(6-2)17-19)24-13-12-18-9-7-11-20(15-18)21(28)26(3)4;/h7,9,11,15,19H,5-6,8,10,12-14,16-17H2,1-4H3,(H2,23,24,25);1H. The summed E-state index contributed by atoms with van der Waals surface area (Å²) in [5.41, 5.74) is 1.89. The molecule has 1 aromatic carbocycles. The third kappa shape index (κ3) is 8.90. The van der Waals surface area contributed by atoms with Gasteiger partial charge in [0.1, 0.15) is 0 Å². The van der Waals surface area contributed by atoms with Crippen molar-refractivity contribution in [1.82, 2.24) is 20.4 Å². The van der Waals surface area contributed by atoms with E-state index in [1.54, 1.807) is 19.0 Å². The van der Waals surface area contributed by atoms with Gasteiger partial charge in [-0.3, -0.25) is 9.79 Å². The molecule has 1 heterocycles. The first-order valence-corrected chi connectivity index (χ1v) is 10.6. The Hall–Kier alpha value is -1.35. The number of amides is 1. The molecular weight excluding hydrogens is 477 g/mol. The summed E-state index contributed by atoms with van der Waals surface area (Å²) in [4.78, 5) is 21.1. The maximum atomic E-state index is 12.1. The Bertz CT molecular complexity index is 650. The number of hydrogen-bond donors (Lipinski definition) is 2. The number of rotatable bonds is 8. The summed E-state index contributed by atoms with van der Waals surface area (Å²) in [5, 5.41) is 6.78. The molecule has 2 N–H and O–H groups in total. The Kier molecular flexibility index (Phi) is 12.2. The highest BCUT2D eigenvalue weighted by atomic mass is 127. The first-order valence-electron chi connectivity index (χ1n) is 10.6. The van der Waals surface area contributed by atoms with E-state index in [1.165, 1.54) is 19.4 Å². The number of halogens is 1. The van der Waals surface area contributed by atoms with E-state index < -0.39 is 0 Å². The molecule has 0 radical (unpaired) electrons. The molecule has 1 amide bonds. The molecule has 6 nitrogen and oxygen atoms in total. The smallest absolute Gasteiger partial charge is 0.253 e. The molecule has 0 bridgehead atoms. The van der Waals surface area contributed by atoms with Gasteiger partial charge in [0.05, 0.1) is 0 Å². The first-order chi connectivity index (χ1) is 13.5. The number of nitrogens with zero attached hydrogens (tertiary/aromatic N) is 3. The van der Waals surface area contributed by atoms with Crippen molar-refractivity contribution in [2.24, 2.45) is 10.9 Å². The van der Waals surface area contributed by atoms with Crippen molar-refractivity contribution < 1.29 is 4.79 Å². The number of likely N-dealkylation sites (tertiary alicyclic amines) is 1. The molecule has 29 heavy (non-hydrogen) atoms. The van der Waals surface area contributed by atoms with Crippen LogP contribution >= 0.6 is 24.0 Å². The van der Waals surface area contributed by atoms with Gasteiger partial charge in [0, 0.05) is 45.8 Å². The number of hydrogen-bond acceptors (Lipinski definition) is 3. The summed E-state index contributed by atoms with van der Waals surface area (Å²) in [7, 11) is 3.56. The van der Waals surface area contributed by atoms with Crippen molar-refractivity contribution in [2.45, 2.75) is 33.1 Å². The molecule has 1 aliphatic rings. The summed E-state index contributed by atoms with van der Waals surface area (Å²) >= 11 is 0. The lowest BCUT2D eigenvalue weighted by atomic mass is 9.98. The van der Waals surface area contributed by atoms with Gasteiger partial charge < -0.3 is 20.4 Å². The van der Waals surface area contributed by atoms with Gasteiger partial charge in [0.2, 0.25) is 0 Å². The predicted octanol–water partition coefficient (Wildman–Crippen LogP) is 2.84. The molecule has 1 unspecified atom stereocenters. The lowest BCUT2D eigenvalue weighted by Crippen LogP contribution is -2.40. The minimum atomic E-state index is 0. The van der Waals surface area contributed by atoms with Gasteiger partial charge in [-0.1, -0.05) is 19.1 Å². The van der Waals surface area contributed by atoms with Gasteiger partial charge in [0.15, 0.2) is 5.96 Å². The zero-order valence-corrected chi connectivity index (χ0v) is 20.7. The van der Waals surface area contributed by atoms with Gasteiger partial charge >= 0.3 is 0 Å². The van der Waals surface area contributed by atoms with Gasteiger partial charge in [-0.15, -0.1) is 24.0 Å². The minimum Gasteiger partial charge on any atom is -0.357 e. The van der Waals surface area contributed by atoms with E-state index in [0.717, 1.165) is 56.2 Å². The van der Waals surface area contributed by atoms with E-state index in [4.69, 9.17) is 4.99 Å². The SMILES string of the molecule is CCNC(=NCC1CCCN(CC)C1)NCCc1cccc(C(=O)N(C)C)c1.I. The van der Waals surface area contributed by atoms with Gasteiger partial charge in [-0.05, 0) is 62.9 Å². The van der Waals surface area contributed by atoms with Crippen molar-refractivity contribution in [1.29, 1.82) is 0 Å². The van der Waals surface area contributed by atoms with Crippen molar-refractivity contribution in [3.8, 4) is 0 Å². The molecule has 0 aliphatic carbocycles. The van der Waals surface area contributed by atoms with Crippen LogP contribution in [0.1, 0.15) is 42.6 Å². The Morgan fingerprint density at radius 1 is 1.28 bits per heavy atom. The van der Waals surface area contributed by atoms with Crippen LogP contribution in [0.25, 0.3) is 0 Å². The second-order valence-corrected chi connectivity index (χ2v) is 7.70. The molecule has 0 spiro atoms. The monoisotopic (exact) mass is 515 g/mol. The van der Waals surface area contributed by atoms with Gasteiger partial charge in [0.25, 0.3) is 5.91 Å². The van der Waals surface area contributed by atoms with Crippen molar-refractivity contribution in [3.63, 3.8) is 0 Å². The van der Waals surface area contributed by atoms with Crippen LogP contribution < -0.4 is 10.6 Å². The first kappa shape index (κ1) is 25.7. The van der Waals surface area contributed by atoms with Crippen LogP contribution in [0.15, 0.2) is 29.3 Å². The van der Waals surface area contributed by atoms with E-state index in [-0.39, 0.29) is 29.9 Å². The molecule has 164 valence electrons. The summed E-state index contributed by atoms with van der Waals surface area (Å²) in [5.74, 6) is 1.58. The normalized spacial score (nSPS) is 17.4. The summed E-state index contributed by atoms with van der Waals surface area (Å²) in [6.45, 7) is 10.4. The Morgan fingerprint density at radius 3 is 2.76 bits per heavy atom. The Labute approximate surface area is 193 Å². The molecule has 1 atom stereocenters. The highest BCUT2D eigenvalue weighted by Crippen LogP contribution is 2.16. The van der Waals surface area contributed by atoms with Crippen molar-refractivity contribution in [2.75, 3.05) is 53.4 Å². The highest BCUT2D eigenvalue weighted by molar-refractivity contribution is 14.0. The third-order valence-corrected chi connectivity index (χ3v) is 5.19. The Balaban J connectivity index is 0.00000420. The van der Waals surface area contributed by atoms with Crippen LogP contribution in [-0.4, -0.2) is 75.0 Å². The molecule has 0 aromatic heterocycles. The topological polar surface area (TPSA) is 60.0 Å². The molecule has 1 aliphatic heterocycles. The molecule has 0 saturated carbocycles. The maximum Gasteiger partial charge on any atom is 0.253 e. The second-order valence-electron chi connectivity index (χ2n) is 7.70. The second kappa shape index (κ2) is 13.8. The molecule has 2 rings (SSSR count). The minimum absolute atomic E-state index is 0. The quantitative estimate of drug-likeness (QED) is 0.318. The summed E-state index contributed by atoms with van der Waals surface area (Å²) < 4.78 is 0. The number of piperidine rings is 1. The lowest BCUT2D eigenvalue weighted by Gasteiger charge is -2.31. The molecule has 7 heteroatoms. The summed E-state index contributed by atoms with van der Waals surface area (Å²) in [6, 6.07) is 7.87. The molecule has 1 aromatic rings. The fourth-order valence-electron chi connectivity index (χ4n) is 3.59. The van der Waals surface area contributed by atoms with Crippen LogP contribution in [0.4, 0.5) is 0 Å². The van der Waals surface area contributed by atoms with Crippen LogP contribution in [-0.2, 0) is 6.42 Å². The number of nitrogens with one attached hydrogen (secondary N) is 2. The van der Waals surface area contributed by atoms with Gasteiger partial charge in [-0.2, -0.15) is 0 Å². The number of aliphatic imine (C=N–C) groups is 1. The van der Waals surface area contributed by atoms with Crippen molar-refractivity contribution in [3.05, 3.63) is 35.4 Å². The molecule has 1 fully saturated rings. The van der Waals surface area contributed by atoms with E-state index in [9.17, 15) is 4.79 Å². The highest BCUT2D eigenvalue weighted by Gasteiger charge is 2.18. The maximum absolute atomic E-state index is 12.1. The van der Waals surface area contributed by atoms with Crippen LogP contribution in [0.5, 0.6) is 0 Å².